The number of carbonyl (C=O) groups excluding carboxylic acids is 1. The average Bonchev–Trinajstić information content (AvgIpc) is 3.09. The fourth-order valence-corrected chi connectivity index (χ4v) is 3.47. The Morgan fingerprint density at radius 2 is 1.89 bits per heavy atom. The summed E-state index contributed by atoms with van der Waals surface area (Å²) in [5.41, 5.74) is 1.24. The molecule has 2 fully saturated rings. The number of aromatic nitrogens is 4. The molecule has 2 aromatic heterocycles. The number of anilines is 1. The van der Waals surface area contributed by atoms with Gasteiger partial charge in [0.2, 0.25) is 5.95 Å². The van der Waals surface area contributed by atoms with E-state index in [1.165, 1.54) is 0 Å². The first-order chi connectivity index (χ1) is 13.2. The number of aliphatic hydroxyl groups is 1. The van der Waals surface area contributed by atoms with Gasteiger partial charge in [0.25, 0.3) is 5.91 Å². The van der Waals surface area contributed by atoms with Gasteiger partial charge in [0.05, 0.1) is 30.6 Å². The molecule has 0 saturated carbocycles. The fraction of sp³-hybridized carbons (Fsp3) is 0.500. The molecule has 142 valence electrons. The molecule has 0 unspecified atom stereocenters. The van der Waals surface area contributed by atoms with E-state index < -0.39 is 6.10 Å². The Balaban J connectivity index is 1.39. The maximum Gasteiger partial charge on any atom is 0.257 e. The molecule has 0 radical (unpaired) electrons. The molecule has 1 N–H and O–H groups in total. The molecule has 2 atom stereocenters. The summed E-state index contributed by atoms with van der Waals surface area (Å²) in [6, 6.07) is 0. The van der Waals surface area contributed by atoms with Gasteiger partial charge in [-0.25, -0.2) is 9.97 Å². The van der Waals surface area contributed by atoms with Crippen LogP contribution in [0.25, 0.3) is 0 Å². The van der Waals surface area contributed by atoms with Gasteiger partial charge < -0.3 is 19.6 Å². The van der Waals surface area contributed by atoms with Gasteiger partial charge in [-0.3, -0.25) is 14.8 Å². The van der Waals surface area contributed by atoms with E-state index in [0.717, 1.165) is 18.8 Å². The highest BCUT2D eigenvalue weighted by Gasteiger charge is 2.35. The standard InChI is InChI=1S/C18H22N6O3/c25-16-12-24(11-13(16)7-15-10-19-1-2-20-15)17(26)14-8-21-18(22-9-14)23-3-5-27-6-4-23/h1-2,8-10,13,16,25H,3-7,11-12H2/t13-,16-/m1/s1. The maximum absolute atomic E-state index is 12.8. The van der Waals surface area contributed by atoms with Crippen molar-refractivity contribution in [2.45, 2.75) is 12.5 Å². The van der Waals surface area contributed by atoms with Crippen LogP contribution in [0.4, 0.5) is 5.95 Å². The van der Waals surface area contributed by atoms with Crippen LogP contribution in [-0.2, 0) is 11.2 Å². The van der Waals surface area contributed by atoms with Crippen molar-refractivity contribution in [2.24, 2.45) is 5.92 Å². The molecule has 0 aliphatic carbocycles. The lowest BCUT2D eigenvalue weighted by Crippen LogP contribution is -2.37. The highest BCUT2D eigenvalue weighted by molar-refractivity contribution is 5.94. The molecule has 4 heterocycles. The second-order valence-corrected chi connectivity index (χ2v) is 6.81. The van der Waals surface area contributed by atoms with Crippen LogP contribution in [0, 0.1) is 5.92 Å². The Hall–Kier alpha value is -2.65. The number of nitrogens with zero attached hydrogens (tertiary/aromatic N) is 6. The maximum atomic E-state index is 12.8. The molecular weight excluding hydrogens is 348 g/mol. The molecule has 2 aliphatic rings. The molecule has 0 aromatic carbocycles. The Kier molecular flexibility index (Phi) is 5.21. The first-order valence-corrected chi connectivity index (χ1v) is 9.07. The molecule has 2 aromatic rings. The normalized spacial score (nSPS) is 22.9. The van der Waals surface area contributed by atoms with Crippen molar-refractivity contribution in [3.05, 3.63) is 42.2 Å². The van der Waals surface area contributed by atoms with E-state index in [1.807, 2.05) is 4.90 Å². The predicted molar refractivity (Wildman–Crippen MR) is 96.2 cm³/mol. The summed E-state index contributed by atoms with van der Waals surface area (Å²) in [5.74, 6) is 0.389. The van der Waals surface area contributed by atoms with Crippen LogP contribution >= 0.6 is 0 Å². The minimum atomic E-state index is -0.579. The van der Waals surface area contributed by atoms with Gasteiger partial charge in [0.1, 0.15) is 0 Å². The van der Waals surface area contributed by atoms with Crippen molar-refractivity contribution in [3.63, 3.8) is 0 Å². The summed E-state index contributed by atoms with van der Waals surface area (Å²) in [4.78, 5) is 33.4. The lowest BCUT2D eigenvalue weighted by Gasteiger charge is -2.26. The number of morpholine rings is 1. The molecule has 27 heavy (non-hydrogen) atoms. The first-order valence-electron chi connectivity index (χ1n) is 9.07. The van der Waals surface area contributed by atoms with Gasteiger partial charge in [-0.05, 0) is 6.42 Å². The largest absolute Gasteiger partial charge is 0.391 e. The first kappa shape index (κ1) is 17.7. The van der Waals surface area contributed by atoms with Crippen LogP contribution < -0.4 is 4.90 Å². The van der Waals surface area contributed by atoms with E-state index in [1.54, 1.807) is 35.9 Å². The highest BCUT2D eigenvalue weighted by atomic mass is 16.5. The van der Waals surface area contributed by atoms with Crippen molar-refractivity contribution in [3.8, 4) is 0 Å². The third-order valence-electron chi connectivity index (χ3n) is 4.96. The summed E-state index contributed by atoms with van der Waals surface area (Å²) in [6.07, 6.45) is 8.06. The fourth-order valence-electron chi connectivity index (χ4n) is 3.47. The van der Waals surface area contributed by atoms with Crippen LogP contribution in [0.5, 0.6) is 0 Å². The SMILES string of the molecule is O=C(c1cnc(N2CCOCC2)nc1)N1C[C@@H](Cc2cnccn2)[C@H](O)C1. The van der Waals surface area contributed by atoms with Crippen LogP contribution in [0.3, 0.4) is 0 Å². The zero-order chi connectivity index (χ0) is 18.6. The van der Waals surface area contributed by atoms with Crippen molar-refractivity contribution in [1.82, 2.24) is 24.8 Å². The number of hydrogen-bond acceptors (Lipinski definition) is 8. The van der Waals surface area contributed by atoms with Gasteiger partial charge in [-0.15, -0.1) is 0 Å². The summed E-state index contributed by atoms with van der Waals surface area (Å²) >= 11 is 0. The van der Waals surface area contributed by atoms with Crippen molar-refractivity contribution in [2.75, 3.05) is 44.3 Å². The monoisotopic (exact) mass is 370 g/mol. The number of likely N-dealkylation sites (tertiary alicyclic amines) is 1. The Bertz CT molecular complexity index is 766. The molecule has 2 saturated heterocycles. The van der Waals surface area contributed by atoms with Crippen molar-refractivity contribution >= 4 is 11.9 Å². The minimum absolute atomic E-state index is 0.0563. The van der Waals surface area contributed by atoms with Gasteiger partial charge in [-0.1, -0.05) is 0 Å². The van der Waals surface area contributed by atoms with Crippen LogP contribution in [0.1, 0.15) is 16.1 Å². The smallest absolute Gasteiger partial charge is 0.257 e. The number of rotatable bonds is 4. The molecule has 9 heteroatoms. The van der Waals surface area contributed by atoms with Crippen molar-refractivity contribution in [1.29, 1.82) is 0 Å². The second-order valence-electron chi connectivity index (χ2n) is 6.81. The second kappa shape index (κ2) is 7.93. The molecule has 1 amide bonds. The molecule has 4 rings (SSSR count). The minimum Gasteiger partial charge on any atom is -0.391 e. The number of carbonyl (C=O) groups is 1. The van der Waals surface area contributed by atoms with Crippen LogP contribution in [0.2, 0.25) is 0 Å². The van der Waals surface area contributed by atoms with E-state index in [-0.39, 0.29) is 11.8 Å². The zero-order valence-corrected chi connectivity index (χ0v) is 14.9. The van der Waals surface area contributed by atoms with Crippen LogP contribution in [-0.4, -0.2) is 81.3 Å². The molecule has 0 bridgehead atoms. The third kappa shape index (κ3) is 4.04. The van der Waals surface area contributed by atoms with E-state index in [0.29, 0.717) is 44.2 Å². The van der Waals surface area contributed by atoms with Gasteiger partial charge in [0.15, 0.2) is 0 Å². The lowest BCUT2D eigenvalue weighted by atomic mass is 10.0. The van der Waals surface area contributed by atoms with Gasteiger partial charge >= 0.3 is 0 Å². The lowest BCUT2D eigenvalue weighted by molar-refractivity contribution is 0.0763. The molecular formula is C18H22N6O3. The Morgan fingerprint density at radius 3 is 2.59 bits per heavy atom. The number of amides is 1. The van der Waals surface area contributed by atoms with Gasteiger partial charge in [-0.2, -0.15) is 0 Å². The average molecular weight is 370 g/mol. The summed E-state index contributed by atoms with van der Waals surface area (Å²) in [7, 11) is 0. The number of ether oxygens (including phenoxy) is 1. The van der Waals surface area contributed by atoms with E-state index in [2.05, 4.69) is 19.9 Å². The van der Waals surface area contributed by atoms with E-state index >= 15 is 0 Å². The third-order valence-corrected chi connectivity index (χ3v) is 4.96. The number of hydrogen-bond donors (Lipinski definition) is 1. The van der Waals surface area contributed by atoms with Crippen LogP contribution in [0.15, 0.2) is 31.0 Å². The summed E-state index contributed by atoms with van der Waals surface area (Å²) in [6.45, 7) is 3.58. The molecule has 2 aliphatic heterocycles. The predicted octanol–water partition coefficient (Wildman–Crippen LogP) is -0.221. The van der Waals surface area contributed by atoms with E-state index in [9.17, 15) is 9.90 Å². The Labute approximate surface area is 157 Å². The molecule has 0 spiro atoms. The zero-order valence-electron chi connectivity index (χ0n) is 14.9. The number of aliphatic hydroxyl groups excluding tert-OH is 1. The summed E-state index contributed by atoms with van der Waals surface area (Å²) < 4.78 is 5.32. The molecule has 9 nitrogen and oxygen atoms in total. The Morgan fingerprint density at radius 1 is 1.11 bits per heavy atom. The number of β-amino-alcohol motifs (C(OH)–C–C–N with tert-alkyl or cyclic N) is 1. The highest BCUT2D eigenvalue weighted by Crippen LogP contribution is 2.22. The van der Waals surface area contributed by atoms with Crippen molar-refractivity contribution < 1.29 is 14.6 Å². The summed E-state index contributed by atoms with van der Waals surface area (Å²) in [5, 5.41) is 10.3. The quantitative estimate of drug-likeness (QED) is 0.788. The topological polar surface area (TPSA) is 105 Å². The van der Waals surface area contributed by atoms with E-state index in [4.69, 9.17) is 4.74 Å². The van der Waals surface area contributed by atoms with Gasteiger partial charge in [0, 0.05) is 63.1 Å².